The maximum atomic E-state index is 12.2. The molecule has 1 atom stereocenters. The van der Waals surface area contributed by atoms with Crippen molar-refractivity contribution >= 4 is 29.2 Å². The van der Waals surface area contributed by atoms with Crippen molar-refractivity contribution in [3.8, 4) is 5.75 Å². The minimum atomic E-state index is -0.407. The van der Waals surface area contributed by atoms with Gasteiger partial charge in [-0.1, -0.05) is 17.7 Å². The molecule has 0 N–H and O–H groups in total. The number of benzene rings is 2. The summed E-state index contributed by atoms with van der Waals surface area (Å²) in [6.07, 6.45) is 0.430. The van der Waals surface area contributed by atoms with Gasteiger partial charge in [0.1, 0.15) is 5.75 Å². The van der Waals surface area contributed by atoms with Gasteiger partial charge in [0.15, 0.2) is 0 Å². The molecule has 0 saturated carbocycles. The second-order valence-electron chi connectivity index (χ2n) is 5.88. The highest BCUT2D eigenvalue weighted by molar-refractivity contribution is 6.30. The number of rotatable bonds is 5. The van der Waals surface area contributed by atoms with Gasteiger partial charge in [-0.3, -0.25) is 4.79 Å². The second-order valence-corrected chi connectivity index (χ2v) is 6.32. The molecule has 5 nitrogen and oxygen atoms in total. The summed E-state index contributed by atoms with van der Waals surface area (Å²) in [5.74, 6) is 0.333. The van der Waals surface area contributed by atoms with E-state index in [-0.39, 0.29) is 11.8 Å². The van der Waals surface area contributed by atoms with Crippen molar-refractivity contribution in [2.45, 2.75) is 6.42 Å². The molecular formula is C19H18ClNO4. The van der Waals surface area contributed by atoms with Crippen molar-refractivity contribution in [1.82, 2.24) is 0 Å². The van der Waals surface area contributed by atoms with Gasteiger partial charge in [-0.05, 0) is 42.5 Å². The highest BCUT2D eigenvalue weighted by Gasteiger charge is 2.31. The molecule has 130 valence electrons. The Morgan fingerprint density at radius 2 is 2.00 bits per heavy atom. The van der Waals surface area contributed by atoms with E-state index in [9.17, 15) is 9.59 Å². The van der Waals surface area contributed by atoms with Crippen molar-refractivity contribution in [1.29, 1.82) is 0 Å². The van der Waals surface area contributed by atoms with Crippen LogP contribution < -0.4 is 9.64 Å². The van der Waals surface area contributed by atoms with E-state index >= 15 is 0 Å². The molecule has 1 amide bonds. The van der Waals surface area contributed by atoms with Gasteiger partial charge in [0, 0.05) is 29.6 Å². The predicted octanol–water partition coefficient (Wildman–Crippen LogP) is 3.56. The molecule has 1 fully saturated rings. The van der Waals surface area contributed by atoms with Gasteiger partial charge < -0.3 is 14.4 Å². The molecule has 6 heteroatoms. The average Bonchev–Trinajstić information content (AvgIpc) is 3.01. The van der Waals surface area contributed by atoms with Crippen molar-refractivity contribution in [2.75, 3.05) is 25.2 Å². The topological polar surface area (TPSA) is 55.8 Å². The zero-order chi connectivity index (χ0) is 17.8. The molecule has 25 heavy (non-hydrogen) atoms. The van der Waals surface area contributed by atoms with Gasteiger partial charge in [0.05, 0.1) is 19.3 Å². The van der Waals surface area contributed by atoms with Crippen LogP contribution in [0.15, 0.2) is 48.5 Å². The SMILES string of the molecule is COC(=O)c1cccc(OCC2CC(=O)N(c3ccc(Cl)cc3)C2)c1. The van der Waals surface area contributed by atoms with Gasteiger partial charge in [-0.25, -0.2) is 4.79 Å². The normalized spacial score (nSPS) is 16.8. The number of halogens is 1. The van der Waals surface area contributed by atoms with Crippen LogP contribution in [0.25, 0.3) is 0 Å². The number of hydrogen-bond donors (Lipinski definition) is 0. The summed E-state index contributed by atoms with van der Waals surface area (Å²) in [6.45, 7) is 0.998. The number of esters is 1. The summed E-state index contributed by atoms with van der Waals surface area (Å²) >= 11 is 5.89. The molecule has 0 radical (unpaired) electrons. The number of hydrogen-bond acceptors (Lipinski definition) is 4. The van der Waals surface area contributed by atoms with Gasteiger partial charge in [0.25, 0.3) is 0 Å². The van der Waals surface area contributed by atoms with Gasteiger partial charge >= 0.3 is 5.97 Å². The van der Waals surface area contributed by atoms with Gasteiger partial charge in [-0.2, -0.15) is 0 Å². The van der Waals surface area contributed by atoms with Crippen LogP contribution in [0.4, 0.5) is 5.69 Å². The zero-order valence-electron chi connectivity index (χ0n) is 13.8. The molecule has 0 aliphatic carbocycles. The molecule has 3 rings (SSSR count). The van der Waals surface area contributed by atoms with Crippen LogP contribution in [0.2, 0.25) is 5.02 Å². The number of methoxy groups -OCH3 is 1. The van der Waals surface area contributed by atoms with Crippen molar-refractivity contribution in [3.63, 3.8) is 0 Å². The third kappa shape index (κ3) is 4.12. The molecule has 1 unspecified atom stereocenters. The third-order valence-electron chi connectivity index (χ3n) is 4.08. The standard InChI is InChI=1S/C19H18ClNO4/c1-24-19(23)14-3-2-4-17(10-14)25-12-13-9-18(22)21(11-13)16-7-5-15(20)6-8-16/h2-8,10,13H,9,11-12H2,1H3. The summed E-state index contributed by atoms with van der Waals surface area (Å²) in [5, 5.41) is 0.640. The second kappa shape index (κ2) is 7.57. The Kier molecular flexibility index (Phi) is 5.24. The van der Waals surface area contributed by atoms with Crippen LogP contribution in [0.5, 0.6) is 5.75 Å². The maximum Gasteiger partial charge on any atom is 0.337 e. The molecule has 0 aromatic heterocycles. The monoisotopic (exact) mass is 359 g/mol. The minimum absolute atomic E-state index is 0.0687. The fourth-order valence-corrected chi connectivity index (χ4v) is 2.93. The Morgan fingerprint density at radius 1 is 1.24 bits per heavy atom. The summed E-state index contributed by atoms with van der Waals surface area (Å²) in [7, 11) is 1.34. The van der Waals surface area contributed by atoms with E-state index in [2.05, 4.69) is 0 Å². The van der Waals surface area contributed by atoms with E-state index in [0.29, 0.717) is 35.9 Å². The number of nitrogens with zero attached hydrogens (tertiary/aromatic N) is 1. The van der Waals surface area contributed by atoms with Crippen LogP contribution in [0.3, 0.4) is 0 Å². The number of amides is 1. The number of ether oxygens (including phenoxy) is 2. The maximum absolute atomic E-state index is 12.2. The van der Waals surface area contributed by atoms with Crippen LogP contribution in [-0.2, 0) is 9.53 Å². The first kappa shape index (κ1) is 17.3. The van der Waals surface area contributed by atoms with E-state index in [0.717, 1.165) is 5.69 Å². The molecule has 1 aliphatic heterocycles. The van der Waals surface area contributed by atoms with Crippen molar-refractivity contribution in [2.24, 2.45) is 5.92 Å². The molecule has 0 spiro atoms. The quantitative estimate of drug-likeness (QED) is 0.766. The fraction of sp³-hybridized carbons (Fsp3) is 0.263. The lowest BCUT2D eigenvalue weighted by molar-refractivity contribution is -0.117. The van der Waals surface area contributed by atoms with Crippen LogP contribution in [-0.4, -0.2) is 32.1 Å². The van der Waals surface area contributed by atoms with Crippen LogP contribution in [0.1, 0.15) is 16.8 Å². The highest BCUT2D eigenvalue weighted by atomic mass is 35.5. The minimum Gasteiger partial charge on any atom is -0.493 e. The van der Waals surface area contributed by atoms with Crippen molar-refractivity contribution < 1.29 is 19.1 Å². The van der Waals surface area contributed by atoms with Gasteiger partial charge in [0.2, 0.25) is 5.91 Å². The number of anilines is 1. The Bertz CT molecular complexity index is 775. The van der Waals surface area contributed by atoms with Gasteiger partial charge in [-0.15, -0.1) is 0 Å². The smallest absolute Gasteiger partial charge is 0.337 e. The molecular weight excluding hydrogens is 342 g/mol. The first-order valence-electron chi connectivity index (χ1n) is 7.94. The van der Waals surface area contributed by atoms with E-state index in [1.807, 2.05) is 12.1 Å². The molecule has 1 aliphatic rings. The molecule has 2 aromatic rings. The van der Waals surface area contributed by atoms with Crippen LogP contribution in [0, 0.1) is 5.92 Å². The van der Waals surface area contributed by atoms with E-state index < -0.39 is 5.97 Å². The predicted molar refractivity (Wildman–Crippen MR) is 95.2 cm³/mol. The molecule has 0 bridgehead atoms. The molecule has 1 saturated heterocycles. The lowest BCUT2D eigenvalue weighted by Gasteiger charge is -2.17. The summed E-state index contributed by atoms with van der Waals surface area (Å²) < 4.78 is 10.5. The Labute approximate surface area is 151 Å². The largest absolute Gasteiger partial charge is 0.493 e. The lowest BCUT2D eigenvalue weighted by Crippen LogP contribution is -2.25. The lowest BCUT2D eigenvalue weighted by atomic mass is 10.1. The van der Waals surface area contributed by atoms with E-state index in [1.54, 1.807) is 41.3 Å². The first-order valence-corrected chi connectivity index (χ1v) is 8.31. The van der Waals surface area contributed by atoms with E-state index in [4.69, 9.17) is 21.1 Å². The summed E-state index contributed by atoms with van der Waals surface area (Å²) in [6, 6.07) is 14.0. The molecule has 2 aromatic carbocycles. The average molecular weight is 360 g/mol. The van der Waals surface area contributed by atoms with Crippen LogP contribution >= 0.6 is 11.6 Å². The number of carbonyl (C=O) groups excluding carboxylic acids is 2. The summed E-state index contributed by atoms with van der Waals surface area (Å²) in [4.78, 5) is 25.5. The first-order chi connectivity index (χ1) is 12.1. The summed E-state index contributed by atoms with van der Waals surface area (Å²) in [5.41, 5.74) is 1.27. The highest BCUT2D eigenvalue weighted by Crippen LogP contribution is 2.27. The number of carbonyl (C=O) groups is 2. The Morgan fingerprint density at radius 3 is 2.72 bits per heavy atom. The Hall–Kier alpha value is -2.53. The molecule has 1 heterocycles. The zero-order valence-corrected chi connectivity index (χ0v) is 14.5. The fourth-order valence-electron chi connectivity index (χ4n) is 2.81. The third-order valence-corrected chi connectivity index (χ3v) is 4.34. The Balaban J connectivity index is 1.60. The van der Waals surface area contributed by atoms with E-state index in [1.165, 1.54) is 7.11 Å². The van der Waals surface area contributed by atoms with Crippen molar-refractivity contribution in [3.05, 3.63) is 59.1 Å².